The van der Waals surface area contributed by atoms with E-state index in [0.29, 0.717) is 22.7 Å². The fraction of sp³-hybridized carbons (Fsp3) is 0. The Morgan fingerprint density at radius 1 is 1.18 bits per heavy atom. The van der Waals surface area contributed by atoms with Gasteiger partial charge in [0.25, 0.3) is 0 Å². The summed E-state index contributed by atoms with van der Waals surface area (Å²) < 4.78 is 12.7. The minimum atomic E-state index is -0.400. The first-order chi connectivity index (χ1) is 8.24. The largest absolute Gasteiger partial charge is 0.333 e. The molecule has 5 nitrogen and oxygen atoms in total. The standard InChI is InChI=1S/C10H5ClFN5/c11-8-7-10(15-4-14-8)17-9(16-7)6-2-1-5(12)3-13-6/h1-4H,(H,14,15,16,17). The SMILES string of the molecule is Fc1ccc(-c2nc3ncnc(Cl)c3[nH]2)nc1. The predicted molar refractivity (Wildman–Crippen MR) is 59.9 cm³/mol. The third-order valence-electron chi connectivity index (χ3n) is 2.21. The third kappa shape index (κ3) is 1.72. The number of hydrogen-bond donors (Lipinski definition) is 1. The number of imidazole rings is 1. The third-order valence-corrected chi connectivity index (χ3v) is 2.50. The summed E-state index contributed by atoms with van der Waals surface area (Å²) in [5.74, 6) is 0.0742. The monoisotopic (exact) mass is 249 g/mol. The second-order valence-electron chi connectivity index (χ2n) is 3.31. The van der Waals surface area contributed by atoms with Gasteiger partial charge in [0.1, 0.15) is 23.4 Å². The number of H-pyrrole nitrogens is 1. The van der Waals surface area contributed by atoms with Crippen LogP contribution in [0.1, 0.15) is 0 Å². The first-order valence-corrected chi connectivity index (χ1v) is 5.10. The lowest BCUT2D eigenvalue weighted by Gasteiger charge is -1.93. The average molecular weight is 250 g/mol. The van der Waals surface area contributed by atoms with E-state index in [1.54, 1.807) is 0 Å². The molecule has 0 spiro atoms. The fourth-order valence-electron chi connectivity index (χ4n) is 1.44. The van der Waals surface area contributed by atoms with Crippen molar-refractivity contribution in [2.24, 2.45) is 0 Å². The Hall–Kier alpha value is -2.08. The van der Waals surface area contributed by atoms with Crippen LogP contribution in [0.5, 0.6) is 0 Å². The number of fused-ring (bicyclic) bond motifs is 1. The Bertz CT molecular complexity index is 679. The first-order valence-electron chi connectivity index (χ1n) is 4.72. The zero-order valence-corrected chi connectivity index (χ0v) is 9.11. The molecule has 17 heavy (non-hydrogen) atoms. The summed E-state index contributed by atoms with van der Waals surface area (Å²) in [5, 5.41) is 0.288. The maximum atomic E-state index is 12.7. The number of nitrogens with zero attached hydrogens (tertiary/aromatic N) is 4. The van der Waals surface area contributed by atoms with E-state index in [2.05, 4.69) is 24.9 Å². The number of rotatable bonds is 1. The molecule has 0 aliphatic heterocycles. The number of halogens is 2. The van der Waals surface area contributed by atoms with E-state index >= 15 is 0 Å². The number of aromatic nitrogens is 5. The molecule has 0 atom stereocenters. The highest BCUT2D eigenvalue weighted by molar-refractivity contribution is 6.33. The van der Waals surface area contributed by atoms with Crippen LogP contribution in [-0.4, -0.2) is 24.9 Å². The molecule has 0 radical (unpaired) electrons. The fourth-order valence-corrected chi connectivity index (χ4v) is 1.61. The molecule has 0 aliphatic carbocycles. The molecule has 7 heteroatoms. The number of aromatic amines is 1. The summed E-state index contributed by atoms with van der Waals surface area (Å²) in [6.45, 7) is 0. The number of hydrogen-bond acceptors (Lipinski definition) is 4. The topological polar surface area (TPSA) is 67.3 Å². The van der Waals surface area contributed by atoms with Gasteiger partial charge in [-0.1, -0.05) is 11.6 Å². The van der Waals surface area contributed by atoms with Crippen LogP contribution in [0, 0.1) is 5.82 Å². The molecule has 1 N–H and O–H groups in total. The molecular weight excluding hydrogens is 245 g/mol. The van der Waals surface area contributed by atoms with Crippen molar-refractivity contribution in [3.63, 3.8) is 0 Å². The van der Waals surface area contributed by atoms with E-state index in [4.69, 9.17) is 11.6 Å². The molecule has 0 aliphatic rings. The van der Waals surface area contributed by atoms with Gasteiger partial charge in [0.2, 0.25) is 0 Å². The maximum Gasteiger partial charge on any atom is 0.182 e. The van der Waals surface area contributed by atoms with Gasteiger partial charge in [-0.15, -0.1) is 0 Å². The van der Waals surface area contributed by atoms with Crippen molar-refractivity contribution < 1.29 is 4.39 Å². The van der Waals surface area contributed by atoms with Crippen molar-refractivity contribution in [1.82, 2.24) is 24.9 Å². The lowest BCUT2D eigenvalue weighted by Crippen LogP contribution is -1.86. The van der Waals surface area contributed by atoms with Crippen LogP contribution in [0.4, 0.5) is 4.39 Å². The van der Waals surface area contributed by atoms with E-state index in [-0.39, 0.29) is 5.15 Å². The van der Waals surface area contributed by atoms with E-state index in [0.717, 1.165) is 6.20 Å². The highest BCUT2D eigenvalue weighted by atomic mass is 35.5. The summed E-state index contributed by atoms with van der Waals surface area (Å²) in [7, 11) is 0. The highest BCUT2D eigenvalue weighted by Crippen LogP contribution is 2.21. The summed E-state index contributed by atoms with van der Waals surface area (Å²) in [5.41, 5.74) is 1.50. The van der Waals surface area contributed by atoms with Gasteiger partial charge in [0, 0.05) is 0 Å². The van der Waals surface area contributed by atoms with Gasteiger partial charge in [-0.05, 0) is 12.1 Å². The van der Waals surface area contributed by atoms with Gasteiger partial charge in [-0.3, -0.25) is 0 Å². The summed E-state index contributed by atoms with van der Waals surface area (Å²) >= 11 is 5.88. The Balaban J connectivity index is 2.18. The average Bonchev–Trinajstić information content (AvgIpc) is 2.75. The molecule has 0 saturated carbocycles. The van der Waals surface area contributed by atoms with Gasteiger partial charge in [0.05, 0.1) is 6.20 Å². The zero-order valence-electron chi connectivity index (χ0n) is 8.35. The minimum Gasteiger partial charge on any atom is -0.333 e. The number of pyridine rings is 1. The van der Waals surface area contributed by atoms with Crippen LogP contribution in [0.15, 0.2) is 24.7 Å². The van der Waals surface area contributed by atoms with Gasteiger partial charge in [-0.2, -0.15) is 0 Å². The van der Waals surface area contributed by atoms with Gasteiger partial charge in [-0.25, -0.2) is 24.3 Å². The van der Waals surface area contributed by atoms with E-state index in [1.165, 1.54) is 18.5 Å². The first kappa shape index (κ1) is 10.1. The summed E-state index contributed by atoms with van der Waals surface area (Å²) in [4.78, 5) is 18.9. The van der Waals surface area contributed by atoms with Crippen molar-refractivity contribution >= 4 is 22.8 Å². The van der Waals surface area contributed by atoms with Crippen LogP contribution in [0.2, 0.25) is 5.15 Å². The zero-order chi connectivity index (χ0) is 11.8. The molecule has 0 aromatic carbocycles. The van der Waals surface area contributed by atoms with Crippen molar-refractivity contribution in [1.29, 1.82) is 0 Å². The maximum absolute atomic E-state index is 12.7. The molecule has 0 bridgehead atoms. The summed E-state index contributed by atoms with van der Waals surface area (Å²) in [6, 6.07) is 2.83. The minimum absolute atomic E-state index is 0.288. The Morgan fingerprint density at radius 3 is 2.76 bits per heavy atom. The Kier molecular flexibility index (Phi) is 2.22. The molecule has 0 fully saturated rings. The van der Waals surface area contributed by atoms with E-state index < -0.39 is 5.82 Å². The second kappa shape index (κ2) is 3.74. The normalized spacial score (nSPS) is 10.9. The van der Waals surface area contributed by atoms with Crippen molar-refractivity contribution in [2.75, 3.05) is 0 Å². The highest BCUT2D eigenvalue weighted by Gasteiger charge is 2.10. The van der Waals surface area contributed by atoms with Crippen LogP contribution < -0.4 is 0 Å². The van der Waals surface area contributed by atoms with Gasteiger partial charge in [0.15, 0.2) is 16.6 Å². The lowest BCUT2D eigenvalue weighted by molar-refractivity contribution is 0.621. The van der Waals surface area contributed by atoms with Crippen LogP contribution in [0.25, 0.3) is 22.7 Å². The Morgan fingerprint density at radius 2 is 2.06 bits per heavy atom. The molecule has 3 rings (SSSR count). The van der Waals surface area contributed by atoms with Crippen molar-refractivity contribution in [3.8, 4) is 11.5 Å². The molecular formula is C10H5ClFN5. The quantitative estimate of drug-likeness (QED) is 0.672. The van der Waals surface area contributed by atoms with Gasteiger partial charge >= 0.3 is 0 Å². The van der Waals surface area contributed by atoms with E-state index in [9.17, 15) is 4.39 Å². The molecule has 0 amide bonds. The molecule has 84 valence electrons. The van der Waals surface area contributed by atoms with Crippen molar-refractivity contribution in [3.05, 3.63) is 35.6 Å². The molecule has 3 aromatic heterocycles. The van der Waals surface area contributed by atoms with Crippen molar-refractivity contribution in [2.45, 2.75) is 0 Å². The Labute approximate surface area is 99.7 Å². The molecule has 0 saturated heterocycles. The lowest BCUT2D eigenvalue weighted by atomic mass is 10.3. The second-order valence-corrected chi connectivity index (χ2v) is 3.67. The van der Waals surface area contributed by atoms with E-state index in [1.807, 2.05) is 0 Å². The van der Waals surface area contributed by atoms with Crippen LogP contribution >= 0.6 is 11.6 Å². The molecule has 0 unspecified atom stereocenters. The predicted octanol–water partition coefficient (Wildman–Crippen LogP) is 2.21. The van der Waals surface area contributed by atoms with Crippen LogP contribution in [0.3, 0.4) is 0 Å². The summed E-state index contributed by atoms with van der Waals surface area (Å²) in [6.07, 6.45) is 2.45. The molecule has 3 aromatic rings. The van der Waals surface area contributed by atoms with Crippen LogP contribution in [-0.2, 0) is 0 Å². The smallest absolute Gasteiger partial charge is 0.182 e. The number of nitrogens with one attached hydrogen (secondary N) is 1. The molecule has 3 heterocycles. The van der Waals surface area contributed by atoms with Gasteiger partial charge < -0.3 is 4.98 Å².